The molecule has 22 heteroatoms. The number of hydrogen-bond acceptors (Lipinski definition) is 21. The van der Waals surface area contributed by atoms with Crippen LogP contribution in [0.1, 0.15) is 284 Å². The van der Waals surface area contributed by atoms with Crippen LogP contribution in [-0.2, 0) is 87.9 Å². The van der Waals surface area contributed by atoms with Gasteiger partial charge in [0, 0.05) is 54.6 Å². The highest BCUT2D eigenvalue weighted by Crippen LogP contribution is 2.67. The minimum absolute atomic E-state index is 0.0928. The number of hydrogen-bond donors (Lipinski definition) is 0. The van der Waals surface area contributed by atoms with Crippen molar-refractivity contribution in [1.29, 1.82) is 0 Å². The molecule has 0 aliphatic heterocycles. The Balaban J connectivity index is 0.513. The van der Waals surface area contributed by atoms with E-state index in [1.165, 1.54) is 38.5 Å². The highest BCUT2D eigenvalue weighted by Gasteiger charge is 2.64. The van der Waals surface area contributed by atoms with Crippen LogP contribution in [0.4, 0.5) is 0 Å². The second kappa shape index (κ2) is 38.0. The van der Waals surface area contributed by atoms with Gasteiger partial charge < -0.3 is 71.1 Å². The Labute approximate surface area is 859 Å². The molecule has 0 saturated heterocycles. The van der Waals surface area contributed by atoms with Crippen LogP contribution < -0.4 is 42.6 Å². The van der Waals surface area contributed by atoms with Crippen LogP contribution in [0.3, 0.4) is 0 Å². The van der Waals surface area contributed by atoms with Crippen molar-refractivity contribution in [3.63, 3.8) is 0 Å². The molecule has 24 aliphatic carbocycles. The van der Waals surface area contributed by atoms with E-state index in [2.05, 4.69) is 119 Å². The van der Waals surface area contributed by atoms with Crippen LogP contribution in [-0.4, -0.2) is 109 Å². The lowest BCUT2D eigenvalue weighted by Crippen LogP contribution is -2.58. The summed E-state index contributed by atoms with van der Waals surface area (Å²) in [6.45, 7) is 23.9. The lowest BCUT2D eigenvalue weighted by molar-refractivity contribution is -0.205. The molecule has 24 bridgehead atoms. The first kappa shape index (κ1) is 97.8. The van der Waals surface area contributed by atoms with Gasteiger partial charge in [0.25, 0.3) is 0 Å². The molecule has 0 amide bonds. The second-order valence-electron chi connectivity index (χ2n) is 51.3. The Morgan fingerprint density at radius 3 is 0.483 bits per heavy atom. The summed E-state index contributed by atoms with van der Waals surface area (Å²) < 4.78 is 98.7. The number of benzene rings is 6. The normalized spacial score (nSPS) is 37.2. The fraction of sp³-hybridized carbons (Fsp3) is 0.659. The molecule has 145 heavy (non-hydrogen) atoms. The maximum atomic E-state index is 14.1. The first-order valence-corrected chi connectivity index (χ1v) is 57.2. The van der Waals surface area contributed by atoms with Crippen LogP contribution in [0.5, 0.6) is 51.7 Å². The molecule has 21 nitrogen and oxygen atoms in total. The molecule has 0 heterocycles. The Kier molecular flexibility index (Phi) is 25.6. The van der Waals surface area contributed by atoms with Crippen LogP contribution in [0.15, 0.2) is 106 Å². The third kappa shape index (κ3) is 19.0. The van der Waals surface area contributed by atoms with Gasteiger partial charge in [-0.15, -0.1) is 0 Å². The Morgan fingerprint density at radius 2 is 0.345 bits per heavy atom. The van der Waals surface area contributed by atoms with Crippen molar-refractivity contribution in [2.24, 2.45) is 142 Å². The summed E-state index contributed by atoms with van der Waals surface area (Å²) in [6, 6.07) is 29.8. The Hall–Kier alpha value is -9.31. The molecule has 24 saturated carbocycles. The van der Waals surface area contributed by atoms with Crippen molar-refractivity contribution in [3.8, 4) is 51.7 Å². The van der Waals surface area contributed by atoms with E-state index >= 15 is 0 Å². The average Bonchev–Trinajstić information content (AvgIpc) is 0.734. The maximum Gasteiger partial charge on any atom is 0.344 e. The van der Waals surface area contributed by atoms with Crippen molar-refractivity contribution in [3.05, 3.63) is 141 Å². The minimum Gasteiger partial charge on any atom is -0.488 e. The highest BCUT2D eigenvalue weighted by atomic mass is 32.2. The molecule has 6 aromatic carbocycles. The number of ether oxygens (including phenoxy) is 15. The van der Waals surface area contributed by atoms with Gasteiger partial charge in [-0.1, -0.05) is 0 Å². The number of carbonyl (C=O) groups excluding carboxylic acids is 6. The fourth-order valence-electron chi connectivity index (χ4n) is 35.5. The maximum absolute atomic E-state index is 14.1. The smallest absolute Gasteiger partial charge is 0.344 e. The molecule has 24 aliphatic rings. The fourth-order valence-corrected chi connectivity index (χ4v) is 38.1. The number of esters is 6. The number of rotatable bonds is 36. The molecule has 0 spiro atoms. The van der Waals surface area contributed by atoms with E-state index < -0.39 is 80.3 Å². The first-order valence-electron chi connectivity index (χ1n) is 56.0. The van der Waals surface area contributed by atoms with Crippen molar-refractivity contribution >= 4 is 46.7 Å². The summed E-state index contributed by atoms with van der Waals surface area (Å²) >= 11 is 0. The lowest BCUT2D eigenvalue weighted by Gasteiger charge is -2.59. The summed E-state index contributed by atoms with van der Waals surface area (Å²) in [6.07, 6.45) is 34.2. The Morgan fingerprint density at radius 1 is 0.207 bits per heavy atom. The van der Waals surface area contributed by atoms with E-state index in [1.54, 1.807) is 18.2 Å². The van der Waals surface area contributed by atoms with E-state index in [0.29, 0.717) is 210 Å². The number of carbonyl (C=O) groups is 6. The van der Waals surface area contributed by atoms with Gasteiger partial charge in [0.1, 0.15) is 105 Å². The van der Waals surface area contributed by atoms with Gasteiger partial charge in [-0.25, -0.2) is 28.8 Å². The summed E-state index contributed by atoms with van der Waals surface area (Å²) in [7, 11) is -0.810. The summed E-state index contributed by atoms with van der Waals surface area (Å²) in [5.74, 6) is 14.8. The largest absolute Gasteiger partial charge is 0.488 e. The van der Waals surface area contributed by atoms with Gasteiger partial charge in [0.05, 0.1) is 10.9 Å². The standard InChI is InChI=1S/C123H153O21S/c1-67-13-106(14-68(2)115(67)136-58-85-49-100(130-61-109(124)139-118(7)88-25-73-19-74(27-88)28-89(118)26-73)55-101(50-85)131-62-110(125)140-119(8)90-29-75-20-76(31-90)32-91(119)30-75)145(107-15-69(3)116(70(4)16-107)137-59-86-51-102(132-63-111(126)141-120(9)92-33-77-21-78(35-92)36-93(120)34-77)56-103(52-86)133-64-112(127)142-121(10)94-37-79-22-80(39-94)40-95(121)38-79)108-17-71(5)117(72(6)18-108)138-60-87-53-104(134-65-113(128)143-122(11)96-41-81-23-82(43-96)44-97(122)42-81)57-105(54-87)135-66-114(129)144-123(12)98-45-83-24-84(47-98)48-99(123)46-83/h13-18,49-57,73-84,88-99H,19-48,58-66H2,1-12H3/q+1. The van der Waals surface area contributed by atoms with Gasteiger partial charge in [0.2, 0.25) is 0 Å². The average molecular weight is 2000 g/mol. The number of aryl methyl sites for hydroxylation is 6. The van der Waals surface area contributed by atoms with E-state index in [0.717, 1.165) is 202 Å². The van der Waals surface area contributed by atoms with Crippen molar-refractivity contribution in [1.82, 2.24) is 0 Å². The monoisotopic (exact) mass is 2000 g/mol. The molecule has 30 rings (SSSR count). The SMILES string of the molecule is Cc1cc([S+](c2cc(C)c(OCc3cc(OCC(=O)OC4(C)C5CC6CC(C5)CC4C6)cc(OCC(=O)OC4(C)C5CC6CC(C5)CC4C6)c3)c(C)c2)c2cc(C)c(OCc3cc(OCC(=O)OC4(C)C5CC6CC(C5)CC4C6)cc(OCC(=O)OC4(C)C5CC6CC(C5)CC4C6)c3)c(C)c2)cc(C)c1OCc1cc(OCC(=O)OC2(C)C3CC4CC(C3)CC2C4)cc(OCC(=O)OC2(C)C3CC4CC(C3)CC2C4)c1. The minimum atomic E-state index is -0.810. The molecule has 0 N–H and O–H groups in total. The van der Waals surface area contributed by atoms with Crippen molar-refractivity contribution in [2.75, 3.05) is 39.6 Å². The predicted molar refractivity (Wildman–Crippen MR) is 544 cm³/mol. The molecule has 24 fully saturated rings. The highest BCUT2D eigenvalue weighted by molar-refractivity contribution is 7.97. The van der Waals surface area contributed by atoms with E-state index in [9.17, 15) is 28.8 Å². The Bertz CT molecular complexity index is 4960. The molecule has 776 valence electrons. The third-order valence-corrected chi connectivity index (χ3v) is 43.8. The van der Waals surface area contributed by atoms with E-state index in [1.807, 2.05) is 36.4 Å². The van der Waals surface area contributed by atoms with Gasteiger partial charge in [-0.3, -0.25) is 0 Å². The quantitative estimate of drug-likeness (QED) is 0.0202. The zero-order chi connectivity index (χ0) is 99.8. The van der Waals surface area contributed by atoms with E-state index in [4.69, 9.17) is 71.1 Å². The molecule has 6 aromatic rings. The van der Waals surface area contributed by atoms with Crippen LogP contribution in [0, 0.1) is 184 Å². The third-order valence-electron chi connectivity index (χ3n) is 41.7. The molecular formula is C123H153O21S+. The second-order valence-corrected chi connectivity index (χ2v) is 53.3. The topological polar surface area (TPSA) is 241 Å². The summed E-state index contributed by atoms with van der Waals surface area (Å²) in [5.41, 5.74) is 4.35. The van der Waals surface area contributed by atoms with Gasteiger partial charge in [0.15, 0.2) is 54.3 Å². The zero-order valence-electron chi connectivity index (χ0n) is 87.6. The first-order chi connectivity index (χ1) is 69.6. The van der Waals surface area contributed by atoms with Gasteiger partial charge in [-0.2, -0.15) is 0 Å². The molecule has 0 aromatic heterocycles. The molecular weight excluding hydrogens is 1850 g/mol. The van der Waals surface area contributed by atoms with Gasteiger partial charge >= 0.3 is 35.8 Å². The zero-order valence-corrected chi connectivity index (χ0v) is 88.4. The summed E-state index contributed by atoms with van der Waals surface area (Å²) in [4.78, 5) is 87.8. The van der Waals surface area contributed by atoms with Crippen molar-refractivity contribution < 1.29 is 99.8 Å². The predicted octanol–water partition coefficient (Wildman–Crippen LogP) is 24.2. The van der Waals surface area contributed by atoms with Gasteiger partial charge in [-0.05, 0) is 504 Å². The molecule has 0 atom stereocenters. The van der Waals surface area contributed by atoms with Crippen molar-refractivity contribution in [2.45, 2.75) is 344 Å². The lowest BCUT2D eigenvalue weighted by atomic mass is 9.50. The van der Waals surface area contributed by atoms with Crippen LogP contribution in [0.2, 0.25) is 0 Å². The molecule has 0 radical (unpaired) electrons. The van der Waals surface area contributed by atoms with Crippen LogP contribution >= 0.6 is 0 Å². The van der Waals surface area contributed by atoms with E-state index in [-0.39, 0.29) is 59.5 Å². The molecule has 0 unspecified atom stereocenters. The van der Waals surface area contributed by atoms with Crippen LogP contribution in [0.25, 0.3) is 0 Å². The summed E-state index contributed by atoms with van der Waals surface area (Å²) in [5, 5.41) is 0.